The highest BCUT2D eigenvalue weighted by molar-refractivity contribution is 5.82. The zero-order valence-electron chi connectivity index (χ0n) is 12.5. The highest BCUT2D eigenvalue weighted by Crippen LogP contribution is 2.18. The molecule has 1 amide bonds. The van der Waals surface area contributed by atoms with Crippen LogP contribution in [0.1, 0.15) is 59.8 Å². The van der Waals surface area contributed by atoms with E-state index in [9.17, 15) is 4.79 Å². The van der Waals surface area contributed by atoms with Crippen LogP contribution in [-0.2, 0) is 4.79 Å². The summed E-state index contributed by atoms with van der Waals surface area (Å²) in [6.45, 7) is 10.7. The van der Waals surface area contributed by atoms with Gasteiger partial charge in [0.2, 0.25) is 5.91 Å². The second kappa shape index (κ2) is 7.78. The lowest BCUT2D eigenvalue weighted by atomic mass is 9.98. The Hall–Kier alpha value is -0.570. The summed E-state index contributed by atoms with van der Waals surface area (Å²) >= 11 is 0. The van der Waals surface area contributed by atoms with Crippen LogP contribution in [0.3, 0.4) is 0 Å². The highest BCUT2D eigenvalue weighted by Gasteiger charge is 2.30. The van der Waals surface area contributed by atoms with Gasteiger partial charge < -0.3 is 10.2 Å². The zero-order valence-corrected chi connectivity index (χ0v) is 12.5. The van der Waals surface area contributed by atoms with Crippen LogP contribution in [0.4, 0.5) is 0 Å². The molecule has 0 saturated carbocycles. The average molecular weight is 254 g/mol. The Balaban J connectivity index is 2.46. The van der Waals surface area contributed by atoms with Crippen molar-refractivity contribution >= 4 is 5.91 Å². The van der Waals surface area contributed by atoms with Crippen LogP contribution in [0.15, 0.2) is 0 Å². The van der Waals surface area contributed by atoms with Crippen LogP contribution in [0.5, 0.6) is 0 Å². The lowest BCUT2D eigenvalue weighted by molar-refractivity contribution is -0.138. The Morgan fingerprint density at radius 1 is 1.33 bits per heavy atom. The Morgan fingerprint density at radius 3 is 2.67 bits per heavy atom. The molecule has 3 heteroatoms. The molecule has 1 aliphatic rings. The van der Waals surface area contributed by atoms with Gasteiger partial charge in [0, 0.05) is 12.6 Å². The number of nitrogens with zero attached hydrogens (tertiary/aromatic N) is 1. The lowest BCUT2D eigenvalue weighted by Crippen LogP contribution is -2.53. The second-order valence-electron chi connectivity index (χ2n) is 6.00. The average Bonchev–Trinajstić information content (AvgIpc) is 2.34. The summed E-state index contributed by atoms with van der Waals surface area (Å²) in [5, 5.41) is 3.38. The quantitative estimate of drug-likeness (QED) is 0.757. The number of rotatable bonds is 7. The molecule has 1 saturated heterocycles. The number of likely N-dealkylation sites (tertiary alicyclic amines) is 1. The SMILES string of the molecule is CCCNC1CCCN(C(C)CCC(C)C)C1=O. The molecule has 2 unspecified atom stereocenters. The summed E-state index contributed by atoms with van der Waals surface area (Å²) in [6, 6.07) is 0.464. The van der Waals surface area contributed by atoms with Crippen molar-refractivity contribution in [3.05, 3.63) is 0 Å². The van der Waals surface area contributed by atoms with Gasteiger partial charge in [-0.2, -0.15) is 0 Å². The van der Waals surface area contributed by atoms with Gasteiger partial charge in [-0.3, -0.25) is 4.79 Å². The molecule has 0 radical (unpaired) electrons. The van der Waals surface area contributed by atoms with Gasteiger partial charge in [-0.1, -0.05) is 20.8 Å². The van der Waals surface area contributed by atoms with Crippen molar-refractivity contribution in [2.45, 2.75) is 71.9 Å². The molecule has 1 heterocycles. The minimum atomic E-state index is 0.0696. The molecule has 3 nitrogen and oxygen atoms in total. The third-order valence-electron chi connectivity index (χ3n) is 3.81. The number of amides is 1. The largest absolute Gasteiger partial charge is 0.339 e. The molecular weight excluding hydrogens is 224 g/mol. The Bertz CT molecular complexity index is 253. The number of nitrogens with one attached hydrogen (secondary N) is 1. The third kappa shape index (κ3) is 4.60. The summed E-state index contributed by atoms with van der Waals surface area (Å²) in [5.74, 6) is 1.05. The van der Waals surface area contributed by atoms with Gasteiger partial charge >= 0.3 is 0 Å². The minimum absolute atomic E-state index is 0.0696. The number of piperidine rings is 1. The van der Waals surface area contributed by atoms with E-state index in [-0.39, 0.29) is 6.04 Å². The van der Waals surface area contributed by atoms with Crippen molar-refractivity contribution in [1.82, 2.24) is 10.2 Å². The molecule has 1 fully saturated rings. The maximum absolute atomic E-state index is 12.4. The van der Waals surface area contributed by atoms with Crippen molar-refractivity contribution < 1.29 is 4.79 Å². The van der Waals surface area contributed by atoms with Crippen molar-refractivity contribution in [1.29, 1.82) is 0 Å². The van der Waals surface area contributed by atoms with E-state index in [1.807, 2.05) is 0 Å². The Kier molecular flexibility index (Phi) is 6.69. The number of carbonyl (C=O) groups excluding carboxylic acids is 1. The van der Waals surface area contributed by atoms with Crippen molar-refractivity contribution in [3.8, 4) is 0 Å². The van der Waals surface area contributed by atoms with Crippen molar-refractivity contribution in [3.63, 3.8) is 0 Å². The lowest BCUT2D eigenvalue weighted by Gasteiger charge is -2.37. The van der Waals surface area contributed by atoms with E-state index in [1.165, 1.54) is 6.42 Å². The number of hydrogen-bond donors (Lipinski definition) is 1. The number of hydrogen-bond acceptors (Lipinski definition) is 2. The molecule has 0 bridgehead atoms. The van der Waals surface area contributed by atoms with E-state index in [0.717, 1.165) is 44.7 Å². The first-order valence-electron chi connectivity index (χ1n) is 7.60. The highest BCUT2D eigenvalue weighted by atomic mass is 16.2. The van der Waals surface area contributed by atoms with Crippen molar-refractivity contribution in [2.75, 3.05) is 13.1 Å². The fraction of sp³-hybridized carbons (Fsp3) is 0.933. The van der Waals surface area contributed by atoms with E-state index in [1.54, 1.807) is 0 Å². The van der Waals surface area contributed by atoms with Crippen LogP contribution < -0.4 is 5.32 Å². The first kappa shape index (κ1) is 15.5. The van der Waals surface area contributed by atoms with Gasteiger partial charge in [0.15, 0.2) is 0 Å². The summed E-state index contributed by atoms with van der Waals surface area (Å²) in [7, 11) is 0. The first-order valence-corrected chi connectivity index (χ1v) is 7.60. The molecule has 18 heavy (non-hydrogen) atoms. The van der Waals surface area contributed by atoms with Gasteiger partial charge in [0.25, 0.3) is 0 Å². The van der Waals surface area contributed by atoms with Crippen LogP contribution in [0.25, 0.3) is 0 Å². The Morgan fingerprint density at radius 2 is 2.06 bits per heavy atom. The first-order chi connectivity index (χ1) is 8.56. The van der Waals surface area contributed by atoms with Gasteiger partial charge in [-0.15, -0.1) is 0 Å². The summed E-state index contributed by atoms with van der Waals surface area (Å²) < 4.78 is 0. The van der Waals surface area contributed by atoms with Gasteiger partial charge in [0.1, 0.15) is 0 Å². The number of carbonyl (C=O) groups is 1. The summed E-state index contributed by atoms with van der Waals surface area (Å²) in [6.07, 6.45) is 5.57. The fourth-order valence-corrected chi connectivity index (χ4v) is 2.58. The molecule has 1 N–H and O–H groups in total. The molecule has 0 aromatic rings. The van der Waals surface area contributed by atoms with Crippen LogP contribution >= 0.6 is 0 Å². The van der Waals surface area contributed by atoms with E-state index in [0.29, 0.717) is 11.9 Å². The molecule has 0 aromatic carbocycles. The summed E-state index contributed by atoms with van der Waals surface area (Å²) in [5.41, 5.74) is 0. The van der Waals surface area contributed by atoms with E-state index < -0.39 is 0 Å². The topological polar surface area (TPSA) is 32.3 Å². The molecule has 0 spiro atoms. The van der Waals surface area contributed by atoms with Crippen LogP contribution in [-0.4, -0.2) is 36.0 Å². The fourth-order valence-electron chi connectivity index (χ4n) is 2.58. The zero-order chi connectivity index (χ0) is 13.5. The third-order valence-corrected chi connectivity index (χ3v) is 3.81. The van der Waals surface area contributed by atoms with Gasteiger partial charge in [-0.05, 0) is 51.5 Å². The smallest absolute Gasteiger partial charge is 0.239 e. The molecule has 1 aliphatic heterocycles. The maximum atomic E-state index is 12.4. The molecule has 2 atom stereocenters. The van der Waals surface area contributed by atoms with E-state index >= 15 is 0 Å². The van der Waals surface area contributed by atoms with Crippen LogP contribution in [0.2, 0.25) is 0 Å². The molecule has 0 aliphatic carbocycles. The maximum Gasteiger partial charge on any atom is 0.239 e. The normalized spacial score (nSPS) is 22.6. The van der Waals surface area contributed by atoms with Crippen molar-refractivity contribution in [2.24, 2.45) is 5.92 Å². The monoisotopic (exact) mass is 254 g/mol. The van der Waals surface area contributed by atoms with Gasteiger partial charge in [0.05, 0.1) is 6.04 Å². The molecule has 1 rings (SSSR count). The van der Waals surface area contributed by atoms with Gasteiger partial charge in [-0.25, -0.2) is 0 Å². The van der Waals surface area contributed by atoms with E-state index in [2.05, 4.69) is 37.9 Å². The van der Waals surface area contributed by atoms with E-state index in [4.69, 9.17) is 0 Å². The molecular formula is C15H30N2O. The van der Waals surface area contributed by atoms with Crippen LogP contribution in [0, 0.1) is 5.92 Å². The predicted octanol–water partition coefficient (Wildman–Crippen LogP) is 2.80. The second-order valence-corrected chi connectivity index (χ2v) is 6.00. The predicted molar refractivity (Wildman–Crippen MR) is 76.6 cm³/mol. The molecule has 106 valence electrons. The molecule has 0 aromatic heterocycles. The standard InChI is InChI=1S/C15H30N2O/c1-5-10-16-14-7-6-11-17(15(14)18)13(4)9-8-12(2)3/h12-14,16H,5-11H2,1-4H3. The summed E-state index contributed by atoms with van der Waals surface area (Å²) in [4.78, 5) is 14.5. The minimum Gasteiger partial charge on any atom is -0.339 e. The Labute approximate surface area is 112 Å².